The topological polar surface area (TPSA) is 208 Å². The second kappa shape index (κ2) is 11.9. The molecule has 6 atom stereocenters. The van der Waals surface area contributed by atoms with Crippen molar-refractivity contribution in [3.63, 3.8) is 0 Å². The molecular formula is C23H25ClF3N4O10P. The van der Waals surface area contributed by atoms with Gasteiger partial charge < -0.3 is 30.4 Å². The fourth-order valence-electron chi connectivity index (χ4n) is 4.30. The van der Waals surface area contributed by atoms with Gasteiger partial charge in [-0.3, -0.25) is 23.3 Å². The number of nitrogen functional groups attached to an aromatic ring is 1. The number of nitrogens with zero attached hydrogens (tertiary/aromatic N) is 2. The largest absolute Gasteiger partial charge is 0.490 e. The number of hydrogen-bond donors (Lipinski definition) is 5. The number of carbonyl (C=O) groups is 1. The maximum atomic E-state index is 13.1. The Kier molecular flexibility index (Phi) is 9.06. The lowest BCUT2D eigenvalue weighted by atomic mass is 9.96. The molecule has 4 heterocycles. The smallest absolute Gasteiger partial charge is 0.475 e. The van der Waals surface area contributed by atoms with Crippen molar-refractivity contribution in [2.24, 2.45) is 0 Å². The van der Waals surface area contributed by atoms with Crippen LogP contribution in [-0.4, -0.2) is 73.0 Å². The number of hydrogen-bond acceptors (Lipinski definition) is 11. The molecule has 2 fully saturated rings. The van der Waals surface area contributed by atoms with E-state index < -0.39 is 62.3 Å². The quantitative estimate of drug-likeness (QED) is 0.255. The number of aromatic nitrogens is 3. The Balaban J connectivity index is 0.000000517. The summed E-state index contributed by atoms with van der Waals surface area (Å²) in [4.78, 5) is 27.6. The molecule has 0 unspecified atom stereocenters. The van der Waals surface area contributed by atoms with Crippen molar-refractivity contribution in [3.05, 3.63) is 57.5 Å². The molecule has 3 aromatic rings. The van der Waals surface area contributed by atoms with Crippen LogP contribution < -0.4 is 11.3 Å². The molecule has 0 amide bonds. The van der Waals surface area contributed by atoms with Crippen LogP contribution in [0.25, 0.3) is 11.0 Å². The van der Waals surface area contributed by atoms with Crippen molar-refractivity contribution in [2.45, 2.75) is 49.7 Å². The molecule has 1 aromatic carbocycles. The van der Waals surface area contributed by atoms with Crippen LogP contribution in [0.5, 0.6) is 0 Å². The number of carboxylic acids is 1. The molecule has 2 aromatic heterocycles. The zero-order valence-corrected chi connectivity index (χ0v) is 23.2. The molecule has 42 heavy (non-hydrogen) atoms. The number of nitrogens with one attached hydrogen (secondary N) is 1. The van der Waals surface area contributed by atoms with Crippen LogP contribution in [0, 0.1) is 0 Å². The number of alkyl halides is 3. The number of halogens is 4. The lowest BCUT2D eigenvalue weighted by molar-refractivity contribution is -0.192. The van der Waals surface area contributed by atoms with E-state index in [1.807, 2.05) is 0 Å². The van der Waals surface area contributed by atoms with Crippen LogP contribution in [-0.2, 0) is 27.7 Å². The first-order valence-electron chi connectivity index (χ1n) is 12.1. The molecule has 14 nitrogen and oxygen atoms in total. The second-order valence-electron chi connectivity index (χ2n) is 9.43. The number of carboxylic acid groups (broad SMARTS) is 1. The highest BCUT2D eigenvalue weighted by molar-refractivity contribution is 7.48. The Morgan fingerprint density at radius 1 is 1.38 bits per heavy atom. The number of aromatic amines is 1. The van der Waals surface area contributed by atoms with E-state index in [1.165, 1.54) is 23.8 Å². The Bertz CT molecular complexity index is 1570. The van der Waals surface area contributed by atoms with Crippen LogP contribution in [0.2, 0.25) is 5.02 Å². The number of nitrogens with two attached hydrogens (primary N) is 1. The van der Waals surface area contributed by atoms with Crippen LogP contribution in [0.4, 0.5) is 19.1 Å². The summed E-state index contributed by atoms with van der Waals surface area (Å²) in [5.74, 6) is -2.87. The second-order valence-corrected chi connectivity index (χ2v) is 11.5. The van der Waals surface area contributed by atoms with Crippen molar-refractivity contribution in [3.8, 4) is 0 Å². The van der Waals surface area contributed by atoms with E-state index in [2.05, 4.69) is 9.97 Å². The van der Waals surface area contributed by atoms with Gasteiger partial charge in [0, 0.05) is 17.6 Å². The van der Waals surface area contributed by atoms with Gasteiger partial charge in [0.1, 0.15) is 17.8 Å². The number of anilines is 1. The van der Waals surface area contributed by atoms with Crippen molar-refractivity contribution in [2.75, 3.05) is 18.9 Å². The maximum absolute atomic E-state index is 13.1. The third-order valence-corrected chi connectivity index (χ3v) is 8.06. The molecular weight excluding hydrogens is 616 g/mol. The van der Waals surface area contributed by atoms with E-state index in [1.54, 1.807) is 24.3 Å². The van der Waals surface area contributed by atoms with Gasteiger partial charge in [0.15, 0.2) is 11.9 Å². The highest BCUT2D eigenvalue weighted by Gasteiger charge is 2.54. The van der Waals surface area contributed by atoms with Gasteiger partial charge in [-0.15, -0.1) is 0 Å². The minimum atomic E-state index is -5.08. The summed E-state index contributed by atoms with van der Waals surface area (Å²) in [6.07, 6.45) is -7.39. The summed E-state index contributed by atoms with van der Waals surface area (Å²) in [5.41, 5.74) is 4.29. The van der Waals surface area contributed by atoms with Gasteiger partial charge >= 0.3 is 20.0 Å². The zero-order chi connectivity index (χ0) is 31.0. The predicted octanol–water partition coefficient (Wildman–Crippen LogP) is 2.91. The molecule has 2 saturated heterocycles. The number of fused-ring (bicyclic) bond motifs is 1. The van der Waals surface area contributed by atoms with E-state index in [0.717, 1.165) is 5.56 Å². The van der Waals surface area contributed by atoms with Crippen molar-refractivity contribution < 1.29 is 56.2 Å². The van der Waals surface area contributed by atoms with E-state index >= 15 is 0 Å². The van der Waals surface area contributed by atoms with Gasteiger partial charge in [0.25, 0.3) is 5.56 Å². The average Bonchev–Trinajstić information content (AvgIpc) is 3.40. The standard InChI is InChI=1S/C21H24ClN4O8P.C2HF3O2/c1-21(29)16(27)15(33-19(21)26-7-5-13-17(26)24-20(23)25-18(13)28)10-32-35(30)31-8-6-14(34-35)11-3-2-4-12(22)9-11;3-2(4,5)1(6)7/h2-5,7,9,14-16,19,27,29H,6,8,10H2,1H3,(H3,23,24,25,28);(H,6,7)/t14-,15-,16-,19-,21-,35-;/m1./s1. The molecule has 2 aliphatic heterocycles. The lowest BCUT2D eigenvalue weighted by Crippen LogP contribution is -2.44. The van der Waals surface area contributed by atoms with Crippen LogP contribution in [0.3, 0.4) is 0 Å². The summed E-state index contributed by atoms with van der Waals surface area (Å²) in [6.45, 7) is 1.10. The number of aliphatic hydroxyl groups excluding tert-OH is 1. The lowest BCUT2D eigenvalue weighted by Gasteiger charge is -2.30. The van der Waals surface area contributed by atoms with E-state index in [4.69, 9.17) is 45.5 Å². The SMILES string of the molecule is C[C@@]1(O)[C@H](O)[C@@H](CO[P@@]2(=O)OCC[C@H](c3cccc(Cl)c3)O2)O[C@H]1n1ccc2c(=O)[nH]c(N)nc21.O=C(O)C(F)(F)F. The third kappa shape index (κ3) is 6.79. The normalized spacial score (nSPS) is 29.7. The molecule has 230 valence electrons. The van der Waals surface area contributed by atoms with Gasteiger partial charge in [-0.25, -0.2) is 9.36 Å². The highest BCUT2D eigenvalue weighted by Crippen LogP contribution is 2.57. The molecule has 0 spiro atoms. The highest BCUT2D eigenvalue weighted by atomic mass is 35.5. The maximum Gasteiger partial charge on any atom is 0.490 e. The number of rotatable bonds is 5. The summed E-state index contributed by atoms with van der Waals surface area (Å²) in [6, 6.07) is 8.48. The Morgan fingerprint density at radius 2 is 2.07 bits per heavy atom. The summed E-state index contributed by atoms with van der Waals surface area (Å²) in [7, 11) is -4.00. The fraction of sp³-hybridized carbons (Fsp3) is 0.435. The fourth-order valence-corrected chi connectivity index (χ4v) is 5.90. The van der Waals surface area contributed by atoms with Gasteiger partial charge in [0.05, 0.1) is 24.7 Å². The molecule has 0 bridgehead atoms. The van der Waals surface area contributed by atoms with Crippen LogP contribution in [0.15, 0.2) is 41.3 Å². The number of ether oxygens (including phenoxy) is 1. The first-order valence-corrected chi connectivity index (χ1v) is 13.9. The van der Waals surface area contributed by atoms with Gasteiger partial charge in [0.2, 0.25) is 5.95 Å². The van der Waals surface area contributed by atoms with Gasteiger partial charge in [-0.1, -0.05) is 23.7 Å². The van der Waals surface area contributed by atoms with E-state index in [9.17, 15) is 32.7 Å². The summed E-state index contributed by atoms with van der Waals surface area (Å²) >= 11 is 6.05. The predicted molar refractivity (Wildman–Crippen MR) is 138 cm³/mol. The monoisotopic (exact) mass is 640 g/mol. The van der Waals surface area contributed by atoms with Gasteiger partial charge in [-0.2, -0.15) is 18.2 Å². The van der Waals surface area contributed by atoms with Crippen molar-refractivity contribution >= 4 is 42.4 Å². The Morgan fingerprint density at radius 3 is 2.71 bits per heavy atom. The number of phosphoric ester groups is 1. The van der Waals surface area contributed by atoms with E-state index in [0.29, 0.717) is 11.4 Å². The molecule has 0 radical (unpaired) electrons. The average molecular weight is 641 g/mol. The Hall–Kier alpha value is -3.02. The molecule has 6 N–H and O–H groups in total. The zero-order valence-electron chi connectivity index (χ0n) is 21.5. The molecule has 2 aliphatic rings. The molecule has 0 aliphatic carbocycles. The number of aliphatic carboxylic acids is 1. The number of aliphatic hydroxyl groups is 2. The minimum Gasteiger partial charge on any atom is -0.475 e. The summed E-state index contributed by atoms with van der Waals surface area (Å²) in [5, 5.41) is 29.7. The number of phosphoric acid groups is 1. The summed E-state index contributed by atoms with van der Waals surface area (Å²) < 4.78 is 68.5. The molecule has 5 rings (SSSR count). The van der Waals surface area contributed by atoms with E-state index in [-0.39, 0.29) is 23.6 Å². The number of H-pyrrole nitrogens is 1. The van der Waals surface area contributed by atoms with Gasteiger partial charge in [-0.05, 0) is 30.7 Å². The Labute approximate surface area is 239 Å². The first-order chi connectivity index (χ1) is 19.5. The first kappa shape index (κ1) is 31.9. The minimum absolute atomic E-state index is 0.112. The van der Waals surface area contributed by atoms with Crippen LogP contribution in [0.1, 0.15) is 31.2 Å². The van der Waals surface area contributed by atoms with Crippen LogP contribution >= 0.6 is 19.4 Å². The third-order valence-electron chi connectivity index (χ3n) is 6.35. The van der Waals surface area contributed by atoms with Crippen molar-refractivity contribution in [1.82, 2.24) is 14.5 Å². The van der Waals surface area contributed by atoms with Crippen molar-refractivity contribution in [1.29, 1.82) is 0 Å². The molecule has 0 saturated carbocycles. The molecule has 19 heteroatoms. The number of benzene rings is 1.